The second-order valence-electron chi connectivity index (χ2n) is 5.65. The fourth-order valence-electron chi connectivity index (χ4n) is 2.35. The van der Waals surface area contributed by atoms with Crippen molar-refractivity contribution < 1.29 is 31.5 Å². The Balaban J connectivity index is 1.90. The molecule has 0 aliphatic carbocycles. The van der Waals surface area contributed by atoms with Crippen LogP contribution in [0.5, 0.6) is 0 Å². The highest BCUT2D eigenvalue weighted by Crippen LogP contribution is 2.22. The number of hydrogen-bond donors (Lipinski definition) is 1. The van der Waals surface area contributed by atoms with Crippen molar-refractivity contribution in [2.75, 3.05) is 18.1 Å². The average Bonchev–Trinajstić information content (AvgIpc) is 2.69. The molecule has 1 saturated heterocycles. The van der Waals surface area contributed by atoms with Crippen molar-refractivity contribution in [1.82, 2.24) is 5.32 Å². The van der Waals surface area contributed by atoms with Crippen LogP contribution in [0.2, 0.25) is 0 Å². The molecule has 0 bridgehead atoms. The Labute approximate surface area is 131 Å². The summed E-state index contributed by atoms with van der Waals surface area (Å²) >= 11 is 0. The van der Waals surface area contributed by atoms with Crippen LogP contribution in [0.15, 0.2) is 18.2 Å². The van der Waals surface area contributed by atoms with Crippen molar-refractivity contribution in [2.24, 2.45) is 0 Å². The molecule has 1 fully saturated rings. The summed E-state index contributed by atoms with van der Waals surface area (Å²) in [5, 5.41) is 2.49. The number of hydrogen-bond acceptors (Lipinski definition) is 5. The van der Waals surface area contributed by atoms with E-state index >= 15 is 0 Å². The van der Waals surface area contributed by atoms with E-state index in [0.29, 0.717) is 6.07 Å². The number of rotatable bonds is 4. The molecule has 9 heteroatoms. The topological polar surface area (TPSA) is 89.5 Å². The molecule has 2 rings (SSSR count). The van der Waals surface area contributed by atoms with E-state index in [-0.39, 0.29) is 17.9 Å². The fourth-order valence-corrected chi connectivity index (χ4v) is 4.44. The summed E-state index contributed by atoms with van der Waals surface area (Å²) in [5.74, 6) is -3.95. The molecule has 126 valence electrons. The van der Waals surface area contributed by atoms with Gasteiger partial charge in [0.05, 0.1) is 22.6 Å². The van der Waals surface area contributed by atoms with E-state index < -0.39 is 51.1 Å². The van der Waals surface area contributed by atoms with Gasteiger partial charge >= 0.3 is 5.97 Å². The minimum atomic E-state index is -3.19. The number of esters is 1. The van der Waals surface area contributed by atoms with E-state index in [4.69, 9.17) is 0 Å². The van der Waals surface area contributed by atoms with Gasteiger partial charge in [-0.2, -0.15) is 0 Å². The smallest absolute Gasteiger partial charge is 0.341 e. The summed E-state index contributed by atoms with van der Waals surface area (Å²) in [4.78, 5) is 23.4. The fraction of sp³-hybridized carbons (Fsp3) is 0.429. The SMILES string of the molecule is C[C@]1(NC(=O)COC(=O)c2ccc(F)cc2F)CCS(=O)(=O)C1. The third kappa shape index (κ3) is 4.47. The highest BCUT2D eigenvalue weighted by molar-refractivity contribution is 7.91. The number of carbonyl (C=O) groups is 2. The molecule has 1 amide bonds. The van der Waals surface area contributed by atoms with Gasteiger partial charge in [-0.25, -0.2) is 22.0 Å². The number of sulfone groups is 1. The van der Waals surface area contributed by atoms with Crippen LogP contribution in [0, 0.1) is 11.6 Å². The first-order valence-electron chi connectivity index (χ1n) is 6.74. The van der Waals surface area contributed by atoms with E-state index in [1.165, 1.54) is 0 Å². The maximum absolute atomic E-state index is 13.4. The summed E-state index contributed by atoms with van der Waals surface area (Å²) in [7, 11) is -3.19. The lowest BCUT2D eigenvalue weighted by molar-refractivity contribution is -0.125. The second kappa shape index (κ2) is 6.23. The zero-order chi connectivity index (χ0) is 17.3. The number of halogens is 2. The summed E-state index contributed by atoms with van der Waals surface area (Å²) in [6, 6.07) is 2.33. The van der Waals surface area contributed by atoms with Gasteiger partial charge in [0.2, 0.25) is 0 Å². The highest BCUT2D eigenvalue weighted by Gasteiger charge is 2.39. The third-order valence-electron chi connectivity index (χ3n) is 3.43. The van der Waals surface area contributed by atoms with Crippen LogP contribution < -0.4 is 5.32 Å². The predicted molar refractivity (Wildman–Crippen MR) is 76.5 cm³/mol. The van der Waals surface area contributed by atoms with Crippen LogP contribution in [0.4, 0.5) is 8.78 Å². The van der Waals surface area contributed by atoms with Gasteiger partial charge in [0.1, 0.15) is 11.6 Å². The molecule has 1 aromatic rings. The summed E-state index contributed by atoms with van der Waals surface area (Å²) in [6.45, 7) is 0.891. The summed E-state index contributed by atoms with van der Waals surface area (Å²) in [6.07, 6.45) is 0.265. The first-order valence-corrected chi connectivity index (χ1v) is 8.56. The minimum absolute atomic E-state index is 0.0235. The number of amides is 1. The Hall–Kier alpha value is -2.03. The molecule has 1 heterocycles. The standard InChI is InChI=1S/C14H15F2NO5S/c1-14(4-5-23(20,21)8-14)17-12(18)7-22-13(19)10-3-2-9(15)6-11(10)16/h2-3,6H,4-5,7-8H2,1H3,(H,17,18)/t14-/m0/s1. The van der Waals surface area contributed by atoms with Gasteiger partial charge in [-0.3, -0.25) is 4.79 Å². The molecule has 0 aromatic heterocycles. The lowest BCUT2D eigenvalue weighted by atomic mass is 10.0. The van der Waals surface area contributed by atoms with Crippen LogP contribution in [-0.2, 0) is 19.4 Å². The summed E-state index contributed by atoms with van der Waals surface area (Å²) in [5.41, 5.74) is -1.41. The van der Waals surface area contributed by atoms with Crippen molar-refractivity contribution in [3.63, 3.8) is 0 Å². The highest BCUT2D eigenvalue weighted by atomic mass is 32.2. The van der Waals surface area contributed by atoms with Crippen molar-refractivity contribution in [3.05, 3.63) is 35.4 Å². The quantitative estimate of drug-likeness (QED) is 0.815. The van der Waals surface area contributed by atoms with Gasteiger partial charge in [0.15, 0.2) is 16.4 Å². The maximum Gasteiger partial charge on any atom is 0.341 e. The molecule has 1 N–H and O–H groups in total. The van der Waals surface area contributed by atoms with Gasteiger partial charge in [-0.05, 0) is 25.5 Å². The van der Waals surface area contributed by atoms with Crippen LogP contribution in [0.1, 0.15) is 23.7 Å². The Bertz CT molecular complexity index is 750. The zero-order valence-corrected chi connectivity index (χ0v) is 13.1. The van der Waals surface area contributed by atoms with E-state index in [0.717, 1.165) is 12.1 Å². The van der Waals surface area contributed by atoms with Crippen LogP contribution >= 0.6 is 0 Å². The van der Waals surface area contributed by atoms with Crippen LogP contribution in [-0.4, -0.2) is 43.9 Å². The molecule has 0 spiro atoms. The van der Waals surface area contributed by atoms with E-state index in [2.05, 4.69) is 10.1 Å². The number of benzene rings is 1. The molecule has 0 saturated carbocycles. The molecule has 0 radical (unpaired) electrons. The molecule has 6 nitrogen and oxygen atoms in total. The molecular weight excluding hydrogens is 332 g/mol. The molecule has 1 aliphatic heterocycles. The minimum Gasteiger partial charge on any atom is -0.452 e. The van der Waals surface area contributed by atoms with Crippen molar-refractivity contribution in [1.29, 1.82) is 0 Å². The Morgan fingerprint density at radius 2 is 2.04 bits per heavy atom. The summed E-state index contributed by atoms with van der Waals surface area (Å²) < 4.78 is 53.7. The van der Waals surface area contributed by atoms with Gasteiger partial charge in [-0.1, -0.05) is 0 Å². The number of carbonyl (C=O) groups excluding carboxylic acids is 2. The Kier molecular flexibility index (Phi) is 4.69. The molecule has 0 unspecified atom stereocenters. The van der Waals surface area contributed by atoms with Gasteiger partial charge in [0, 0.05) is 6.07 Å². The maximum atomic E-state index is 13.4. The van der Waals surface area contributed by atoms with Crippen molar-refractivity contribution >= 4 is 21.7 Å². The Morgan fingerprint density at radius 1 is 1.35 bits per heavy atom. The monoisotopic (exact) mass is 347 g/mol. The van der Waals surface area contributed by atoms with Gasteiger partial charge in [-0.15, -0.1) is 0 Å². The van der Waals surface area contributed by atoms with E-state index in [9.17, 15) is 26.8 Å². The van der Waals surface area contributed by atoms with Crippen molar-refractivity contribution in [3.8, 4) is 0 Å². The van der Waals surface area contributed by atoms with Gasteiger partial charge in [0.25, 0.3) is 5.91 Å². The van der Waals surface area contributed by atoms with E-state index in [1.807, 2.05) is 0 Å². The lowest BCUT2D eigenvalue weighted by Crippen LogP contribution is -2.48. The van der Waals surface area contributed by atoms with Crippen LogP contribution in [0.3, 0.4) is 0 Å². The van der Waals surface area contributed by atoms with Crippen molar-refractivity contribution in [2.45, 2.75) is 18.9 Å². The predicted octanol–water partition coefficient (Wildman–Crippen LogP) is 0.815. The molecule has 1 aromatic carbocycles. The number of nitrogens with one attached hydrogen (secondary N) is 1. The number of ether oxygens (including phenoxy) is 1. The average molecular weight is 347 g/mol. The molecule has 23 heavy (non-hydrogen) atoms. The molecule has 1 aliphatic rings. The largest absolute Gasteiger partial charge is 0.452 e. The first kappa shape index (κ1) is 17.3. The van der Waals surface area contributed by atoms with Gasteiger partial charge < -0.3 is 10.1 Å². The second-order valence-corrected chi connectivity index (χ2v) is 7.84. The lowest BCUT2D eigenvalue weighted by Gasteiger charge is -2.23. The van der Waals surface area contributed by atoms with Crippen LogP contribution in [0.25, 0.3) is 0 Å². The zero-order valence-electron chi connectivity index (χ0n) is 12.3. The first-order chi connectivity index (χ1) is 10.6. The third-order valence-corrected chi connectivity index (χ3v) is 5.33. The Morgan fingerprint density at radius 3 is 2.61 bits per heavy atom. The van der Waals surface area contributed by atoms with E-state index in [1.54, 1.807) is 6.92 Å². The molecule has 1 atom stereocenters. The normalized spacial score (nSPS) is 22.6. The molecular formula is C14H15F2NO5S.